The van der Waals surface area contributed by atoms with Gasteiger partial charge in [0, 0.05) is 13.1 Å². The Morgan fingerprint density at radius 2 is 1.17 bits per heavy atom. The third-order valence-corrected chi connectivity index (χ3v) is 3.08. The fraction of sp³-hybridized carbons (Fsp3) is 0.500. The molecule has 0 unspecified atom stereocenters. The van der Waals surface area contributed by atoms with Crippen LogP contribution in [0, 0.1) is 0 Å². The molecule has 0 fully saturated rings. The zero-order chi connectivity index (χ0) is 17.0. The SMILES string of the molecule is O=C1COc2ccccc2OCC(=O)NCCOCCOCCN1. The summed E-state index contributed by atoms with van der Waals surface area (Å²) in [6.07, 6.45) is 0. The fourth-order valence-electron chi connectivity index (χ4n) is 1.92. The lowest BCUT2D eigenvalue weighted by Crippen LogP contribution is -2.33. The van der Waals surface area contributed by atoms with Gasteiger partial charge in [0.1, 0.15) is 0 Å². The smallest absolute Gasteiger partial charge is 0.258 e. The highest BCUT2D eigenvalue weighted by molar-refractivity contribution is 5.78. The van der Waals surface area contributed by atoms with Crippen molar-refractivity contribution < 1.29 is 28.5 Å². The largest absolute Gasteiger partial charge is 0.480 e. The molecule has 8 heteroatoms. The van der Waals surface area contributed by atoms with E-state index in [1.165, 1.54) is 0 Å². The van der Waals surface area contributed by atoms with Crippen LogP contribution in [-0.2, 0) is 19.1 Å². The van der Waals surface area contributed by atoms with Gasteiger partial charge in [-0.15, -0.1) is 0 Å². The summed E-state index contributed by atoms with van der Waals surface area (Å²) in [6, 6.07) is 6.88. The van der Waals surface area contributed by atoms with Gasteiger partial charge < -0.3 is 29.6 Å². The van der Waals surface area contributed by atoms with Crippen LogP contribution >= 0.6 is 0 Å². The van der Waals surface area contributed by atoms with Crippen LogP contribution in [0.1, 0.15) is 0 Å². The number of carbonyl (C=O) groups excluding carboxylic acids is 2. The minimum atomic E-state index is -0.261. The number of nitrogens with one attached hydrogen (secondary N) is 2. The summed E-state index contributed by atoms with van der Waals surface area (Å²) >= 11 is 0. The molecule has 1 heterocycles. The zero-order valence-corrected chi connectivity index (χ0v) is 13.4. The van der Waals surface area contributed by atoms with Crippen LogP contribution < -0.4 is 20.1 Å². The highest BCUT2D eigenvalue weighted by Gasteiger charge is 2.09. The number of fused-ring (bicyclic) bond motifs is 1. The molecular formula is C16H22N2O6. The molecule has 8 nitrogen and oxygen atoms in total. The van der Waals surface area contributed by atoms with Gasteiger partial charge in [0.15, 0.2) is 24.7 Å². The van der Waals surface area contributed by atoms with E-state index in [4.69, 9.17) is 18.9 Å². The Bertz CT molecular complexity index is 490. The van der Waals surface area contributed by atoms with E-state index in [1.54, 1.807) is 24.3 Å². The lowest BCUT2D eigenvalue weighted by molar-refractivity contribution is -0.124. The monoisotopic (exact) mass is 338 g/mol. The maximum Gasteiger partial charge on any atom is 0.258 e. The summed E-state index contributed by atoms with van der Waals surface area (Å²) < 4.78 is 21.5. The number of amides is 2. The quantitative estimate of drug-likeness (QED) is 0.676. The fourth-order valence-corrected chi connectivity index (χ4v) is 1.92. The first kappa shape index (κ1) is 18.0. The van der Waals surface area contributed by atoms with E-state index in [-0.39, 0.29) is 25.0 Å². The van der Waals surface area contributed by atoms with Crippen molar-refractivity contribution in [3.8, 4) is 11.5 Å². The Balaban J connectivity index is 1.93. The van der Waals surface area contributed by atoms with E-state index in [1.807, 2.05) is 0 Å². The predicted octanol–water partition coefficient (Wildman–Crippen LogP) is -0.277. The number of ether oxygens (including phenoxy) is 4. The van der Waals surface area contributed by atoms with Crippen molar-refractivity contribution in [2.24, 2.45) is 0 Å². The zero-order valence-electron chi connectivity index (χ0n) is 13.4. The van der Waals surface area contributed by atoms with Gasteiger partial charge in [0.25, 0.3) is 11.8 Å². The predicted molar refractivity (Wildman–Crippen MR) is 85.1 cm³/mol. The second-order valence-corrected chi connectivity index (χ2v) is 4.95. The van der Waals surface area contributed by atoms with Crippen LogP contribution in [0.25, 0.3) is 0 Å². The van der Waals surface area contributed by atoms with E-state index < -0.39 is 0 Å². The molecule has 0 spiro atoms. The third kappa shape index (κ3) is 6.84. The van der Waals surface area contributed by atoms with E-state index in [9.17, 15) is 9.59 Å². The molecule has 0 bridgehead atoms. The van der Waals surface area contributed by atoms with Gasteiger partial charge in [-0.3, -0.25) is 9.59 Å². The summed E-state index contributed by atoms with van der Waals surface area (Å²) in [4.78, 5) is 23.4. The Morgan fingerprint density at radius 1 is 0.708 bits per heavy atom. The number of rotatable bonds is 0. The second-order valence-electron chi connectivity index (χ2n) is 4.95. The highest BCUT2D eigenvalue weighted by Crippen LogP contribution is 2.26. The normalized spacial score (nSPS) is 18.7. The van der Waals surface area contributed by atoms with E-state index >= 15 is 0 Å². The summed E-state index contributed by atoms with van der Waals surface area (Å²) in [5.41, 5.74) is 0. The van der Waals surface area contributed by atoms with Crippen molar-refractivity contribution in [1.82, 2.24) is 10.6 Å². The topological polar surface area (TPSA) is 95.1 Å². The van der Waals surface area contributed by atoms with Crippen molar-refractivity contribution in [3.63, 3.8) is 0 Å². The molecular weight excluding hydrogens is 316 g/mol. The summed E-state index contributed by atoms with van der Waals surface area (Å²) in [7, 11) is 0. The molecule has 1 aromatic rings. The average molecular weight is 338 g/mol. The molecule has 0 atom stereocenters. The molecule has 132 valence electrons. The Kier molecular flexibility index (Phi) is 7.85. The number of carbonyl (C=O) groups is 2. The van der Waals surface area contributed by atoms with Crippen molar-refractivity contribution in [2.45, 2.75) is 0 Å². The lowest BCUT2D eigenvalue weighted by atomic mass is 10.3. The maximum absolute atomic E-state index is 11.7. The van der Waals surface area contributed by atoms with Crippen molar-refractivity contribution in [3.05, 3.63) is 24.3 Å². The van der Waals surface area contributed by atoms with Gasteiger partial charge in [-0.25, -0.2) is 0 Å². The van der Waals surface area contributed by atoms with E-state index in [0.29, 0.717) is 51.0 Å². The summed E-state index contributed by atoms with van der Waals surface area (Å²) in [5, 5.41) is 5.38. The van der Waals surface area contributed by atoms with Crippen molar-refractivity contribution >= 4 is 11.8 Å². The Hall–Kier alpha value is -2.32. The molecule has 2 N–H and O–H groups in total. The van der Waals surface area contributed by atoms with Crippen LogP contribution in [0.15, 0.2) is 24.3 Å². The molecule has 0 saturated heterocycles. The van der Waals surface area contributed by atoms with Crippen LogP contribution in [0.5, 0.6) is 11.5 Å². The van der Waals surface area contributed by atoms with Crippen LogP contribution in [-0.4, -0.2) is 64.5 Å². The average Bonchev–Trinajstić information content (AvgIpc) is 2.59. The lowest BCUT2D eigenvalue weighted by Gasteiger charge is -2.13. The Morgan fingerprint density at radius 3 is 1.62 bits per heavy atom. The Labute approximate surface area is 140 Å². The van der Waals surface area contributed by atoms with Gasteiger partial charge in [0.2, 0.25) is 0 Å². The number of para-hydroxylation sites is 2. The molecule has 1 aliphatic heterocycles. The first-order chi connectivity index (χ1) is 11.8. The molecule has 0 aromatic heterocycles. The van der Waals surface area contributed by atoms with Gasteiger partial charge >= 0.3 is 0 Å². The minimum Gasteiger partial charge on any atom is -0.480 e. The summed E-state index contributed by atoms with van der Waals surface area (Å²) in [5.74, 6) is 0.286. The molecule has 24 heavy (non-hydrogen) atoms. The third-order valence-electron chi connectivity index (χ3n) is 3.08. The van der Waals surface area contributed by atoms with Crippen LogP contribution in [0.4, 0.5) is 0 Å². The van der Waals surface area contributed by atoms with Crippen molar-refractivity contribution in [1.29, 1.82) is 0 Å². The maximum atomic E-state index is 11.7. The molecule has 1 aromatic carbocycles. The standard InChI is InChI=1S/C16H22N2O6/c19-15-11-23-13-3-1-2-4-14(13)24-12-16(20)18-6-8-22-10-9-21-7-5-17-15/h1-4H,5-12H2,(H,17,19)(H,18,20). The minimum absolute atomic E-state index is 0.143. The van der Waals surface area contributed by atoms with Crippen molar-refractivity contribution in [2.75, 3.05) is 52.7 Å². The molecule has 0 aliphatic carbocycles. The number of benzene rings is 1. The van der Waals surface area contributed by atoms with Gasteiger partial charge in [-0.1, -0.05) is 12.1 Å². The van der Waals surface area contributed by atoms with Crippen LogP contribution in [0.3, 0.4) is 0 Å². The van der Waals surface area contributed by atoms with Gasteiger partial charge in [-0.2, -0.15) is 0 Å². The van der Waals surface area contributed by atoms with Gasteiger partial charge in [0.05, 0.1) is 26.4 Å². The van der Waals surface area contributed by atoms with Gasteiger partial charge in [-0.05, 0) is 12.1 Å². The first-order valence-corrected chi connectivity index (χ1v) is 7.79. The first-order valence-electron chi connectivity index (χ1n) is 7.79. The number of hydrogen-bond acceptors (Lipinski definition) is 6. The van der Waals surface area contributed by atoms with E-state index in [0.717, 1.165) is 0 Å². The van der Waals surface area contributed by atoms with E-state index in [2.05, 4.69) is 10.6 Å². The highest BCUT2D eigenvalue weighted by atomic mass is 16.5. The molecule has 2 amide bonds. The molecule has 1 aliphatic rings. The molecule has 0 saturated carbocycles. The molecule has 0 radical (unpaired) electrons. The molecule has 2 rings (SSSR count). The number of hydrogen-bond donors (Lipinski definition) is 2. The second kappa shape index (κ2) is 10.5. The summed E-state index contributed by atoms with van der Waals surface area (Å²) in [6.45, 7) is 2.16. The van der Waals surface area contributed by atoms with Crippen LogP contribution in [0.2, 0.25) is 0 Å².